The van der Waals surface area contributed by atoms with E-state index in [0.29, 0.717) is 24.1 Å². The summed E-state index contributed by atoms with van der Waals surface area (Å²) in [6.07, 6.45) is 5.74. The predicted molar refractivity (Wildman–Crippen MR) is 72.9 cm³/mol. The lowest BCUT2D eigenvalue weighted by Crippen LogP contribution is -2.41. The zero-order valence-electron chi connectivity index (χ0n) is 10.9. The molecule has 0 radical (unpaired) electrons. The molecular formula is C12H24ClNO2S. The van der Waals surface area contributed by atoms with Gasteiger partial charge in [-0.15, -0.1) is 11.6 Å². The Morgan fingerprint density at radius 3 is 2.29 bits per heavy atom. The van der Waals surface area contributed by atoms with Crippen molar-refractivity contribution < 1.29 is 8.42 Å². The molecule has 1 aliphatic rings. The van der Waals surface area contributed by atoms with Gasteiger partial charge in [0.15, 0.2) is 0 Å². The van der Waals surface area contributed by atoms with E-state index < -0.39 is 10.0 Å². The Morgan fingerprint density at radius 2 is 1.82 bits per heavy atom. The summed E-state index contributed by atoms with van der Waals surface area (Å²) in [5, 5.41) is 0. The van der Waals surface area contributed by atoms with Crippen molar-refractivity contribution in [3.63, 3.8) is 0 Å². The Bertz CT molecular complexity index is 310. The first-order chi connectivity index (χ1) is 7.97. The molecule has 0 spiro atoms. The highest BCUT2D eigenvalue weighted by Gasteiger charge is 2.28. The van der Waals surface area contributed by atoms with Gasteiger partial charge in [-0.3, -0.25) is 0 Å². The van der Waals surface area contributed by atoms with Gasteiger partial charge in [-0.05, 0) is 32.6 Å². The van der Waals surface area contributed by atoms with Crippen molar-refractivity contribution in [1.29, 1.82) is 0 Å². The Balaban J connectivity index is 2.63. The van der Waals surface area contributed by atoms with Crippen molar-refractivity contribution in [3.8, 4) is 0 Å². The normalized spacial score (nSPS) is 19.1. The van der Waals surface area contributed by atoms with E-state index in [-0.39, 0.29) is 6.04 Å². The topological polar surface area (TPSA) is 37.4 Å². The molecule has 1 saturated carbocycles. The largest absolute Gasteiger partial charge is 0.214 e. The summed E-state index contributed by atoms with van der Waals surface area (Å²) in [6, 6.07) is 0.00217. The molecule has 1 fully saturated rings. The average molecular weight is 282 g/mol. The number of nitrogens with zero attached hydrogens (tertiary/aromatic N) is 1. The van der Waals surface area contributed by atoms with Crippen molar-refractivity contribution in [3.05, 3.63) is 0 Å². The van der Waals surface area contributed by atoms with Gasteiger partial charge in [0.2, 0.25) is 10.0 Å². The number of sulfonamides is 1. The third kappa shape index (κ3) is 4.76. The summed E-state index contributed by atoms with van der Waals surface area (Å²) in [5.41, 5.74) is 0. The van der Waals surface area contributed by atoms with Crippen LogP contribution in [-0.4, -0.2) is 36.9 Å². The van der Waals surface area contributed by atoms with Gasteiger partial charge in [0.25, 0.3) is 0 Å². The van der Waals surface area contributed by atoms with E-state index in [9.17, 15) is 8.42 Å². The van der Waals surface area contributed by atoms with E-state index in [1.54, 1.807) is 4.31 Å². The molecule has 0 bridgehead atoms. The number of halogens is 1. The minimum atomic E-state index is -3.13. The van der Waals surface area contributed by atoms with E-state index in [4.69, 9.17) is 11.6 Å². The molecule has 5 heteroatoms. The zero-order chi connectivity index (χ0) is 12.9. The molecule has 0 saturated heterocycles. The number of alkyl halides is 1. The lowest BCUT2D eigenvalue weighted by Gasteiger charge is -2.28. The molecular weight excluding hydrogens is 258 g/mol. The highest BCUT2D eigenvalue weighted by molar-refractivity contribution is 7.89. The summed E-state index contributed by atoms with van der Waals surface area (Å²) in [7, 11) is -3.13. The van der Waals surface area contributed by atoms with Crippen LogP contribution in [0.3, 0.4) is 0 Å². The molecule has 0 heterocycles. The minimum Gasteiger partial charge on any atom is -0.212 e. The third-order valence-corrected chi connectivity index (χ3v) is 5.79. The monoisotopic (exact) mass is 281 g/mol. The van der Waals surface area contributed by atoms with Gasteiger partial charge in [0, 0.05) is 18.5 Å². The zero-order valence-corrected chi connectivity index (χ0v) is 12.4. The quantitative estimate of drug-likeness (QED) is 0.702. The van der Waals surface area contributed by atoms with Gasteiger partial charge in [0.1, 0.15) is 0 Å². The predicted octanol–water partition coefficient (Wildman–Crippen LogP) is 2.85. The van der Waals surface area contributed by atoms with Crippen LogP contribution < -0.4 is 0 Å². The first-order valence-electron chi connectivity index (χ1n) is 6.53. The number of hydrogen-bond acceptors (Lipinski definition) is 2. The van der Waals surface area contributed by atoms with Crippen LogP contribution in [0.2, 0.25) is 0 Å². The molecule has 0 N–H and O–H groups in total. The Hall–Kier alpha value is 0.200. The summed E-state index contributed by atoms with van der Waals surface area (Å²) >= 11 is 5.68. The van der Waals surface area contributed by atoms with Crippen molar-refractivity contribution in [2.24, 2.45) is 5.92 Å². The van der Waals surface area contributed by atoms with Gasteiger partial charge in [-0.2, -0.15) is 4.31 Å². The van der Waals surface area contributed by atoms with E-state index in [0.717, 1.165) is 12.8 Å². The van der Waals surface area contributed by atoms with E-state index in [1.807, 2.05) is 13.8 Å². The van der Waals surface area contributed by atoms with Crippen molar-refractivity contribution >= 4 is 21.6 Å². The van der Waals surface area contributed by atoms with Gasteiger partial charge in [-0.25, -0.2) is 8.42 Å². The maximum absolute atomic E-state index is 12.3. The van der Waals surface area contributed by atoms with Crippen LogP contribution in [0.25, 0.3) is 0 Å². The highest BCUT2D eigenvalue weighted by Crippen LogP contribution is 2.26. The molecule has 17 heavy (non-hydrogen) atoms. The second kappa shape index (κ2) is 6.95. The van der Waals surface area contributed by atoms with Crippen LogP contribution in [-0.2, 0) is 10.0 Å². The standard InChI is InChI=1S/C12H24ClNO2S/c1-11(2)14(9-8-13)17(15,16)10-12-6-4-3-5-7-12/h11-12H,3-10H2,1-2H3. The average Bonchev–Trinajstić information content (AvgIpc) is 2.26. The fourth-order valence-corrected chi connectivity index (χ4v) is 4.96. The molecule has 0 aromatic rings. The Kier molecular flexibility index (Phi) is 6.24. The molecule has 1 rings (SSSR count). The summed E-state index contributed by atoms with van der Waals surface area (Å²) in [4.78, 5) is 0. The summed E-state index contributed by atoms with van der Waals surface area (Å²) in [6.45, 7) is 4.24. The van der Waals surface area contributed by atoms with E-state index in [2.05, 4.69) is 0 Å². The fourth-order valence-electron chi connectivity index (χ4n) is 2.55. The number of hydrogen-bond donors (Lipinski definition) is 0. The van der Waals surface area contributed by atoms with Crippen molar-refractivity contribution in [1.82, 2.24) is 4.31 Å². The minimum absolute atomic E-state index is 0.00217. The molecule has 0 atom stereocenters. The lowest BCUT2D eigenvalue weighted by atomic mass is 9.91. The maximum atomic E-state index is 12.3. The van der Waals surface area contributed by atoms with Crippen LogP contribution >= 0.6 is 11.6 Å². The second-order valence-corrected chi connectivity index (χ2v) is 7.52. The summed E-state index contributed by atoms with van der Waals surface area (Å²) < 4.78 is 26.1. The van der Waals surface area contributed by atoms with Crippen LogP contribution in [0, 0.1) is 5.92 Å². The van der Waals surface area contributed by atoms with Gasteiger partial charge in [-0.1, -0.05) is 19.3 Å². The fraction of sp³-hybridized carbons (Fsp3) is 1.00. The van der Waals surface area contributed by atoms with Crippen LogP contribution in [0.1, 0.15) is 46.0 Å². The molecule has 0 amide bonds. The Morgan fingerprint density at radius 1 is 1.24 bits per heavy atom. The third-order valence-electron chi connectivity index (χ3n) is 3.41. The van der Waals surface area contributed by atoms with Crippen LogP contribution in [0.4, 0.5) is 0 Å². The lowest BCUT2D eigenvalue weighted by molar-refractivity contribution is 0.347. The SMILES string of the molecule is CC(C)N(CCCl)S(=O)(=O)CC1CCCCC1. The van der Waals surface area contributed by atoms with Gasteiger partial charge >= 0.3 is 0 Å². The molecule has 0 aliphatic heterocycles. The molecule has 0 aromatic carbocycles. The molecule has 0 unspecified atom stereocenters. The number of rotatable bonds is 6. The van der Waals surface area contributed by atoms with Crippen LogP contribution in [0.5, 0.6) is 0 Å². The molecule has 3 nitrogen and oxygen atoms in total. The van der Waals surface area contributed by atoms with Crippen molar-refractivity contribution in [2.45, 2.75) is 52.0 Å². The van der Waals surface area contributed by atoms with Crippen molar-refractivity contribution in [2.75, 3.05) is 18.2 Å². The van der Waals surface area contributed by atoms with Gasteiger partial charge in [0.05, 0.1) is 5.75 Å². The second-order valence-electron chi connectivity index (χ2n) is 5.18. The molecule has 1 aliphatic carbocycles. The van der Waals surface area contributed by atoms with E-state index in [1.165, 1.54) is 19.3 Å². The highest BCUT2D eigenvalue weighted by atomic mass is 35.5. The summed E-state index contributed by atoms with van der Waals surface area (Å²) in [5.74, 6) is 1.02. The first kappa shape index (κ1) is 15.3. The van der Waals surface area contributed by atoms with Gasteiger partial charge < -0.3 is 0 Å². The molecule has 102 valence electrons. The van der Waals surface area contributed by atoms with E-state index >= 15 is 0 Å². The maximum Gasteiger partial charge on any atom is 0.214 e. The first-order valence-corrected chi connectivity index (χ1v) is 8.67. The Labute approximate surface area is 111 Å². The smallest absolute Gasteiger partial charge is 0.212 e. The van der Waals surface area contributed by atoms with Crippen LogP contribution in [0.15, 0.2) is 0 Å². The molecule has 0 aromatic heterocycles.